The molecule has 0 amide bonds. The van der Waals surface area contributed by atoms with Gasteiger partial charge in [0.25, 0.3) is 0 Å². The molecule has 2 fully saturated rings. The molecule has 3 nitrogen and oxygen atoms in total. The van der Waals surface area contributed by atoms with Crippen molar-refractivity contribution in [1.29, 1.82) is 0 Å². The second-order valence-corrected chi connectivity index (χ2v) is 7.02. The Bertz CT molecular complexity index is 586. The van der Waals surface area contributed by atoms with Crippen molar-refractivity contribution in [1.82, 2.24) is 4.98 Å². The summed E-state index contributed by atoms with van der Waals surface area (Å²) in [5, 5.41) is 5.97. The molecule has 1 atom stereocenters. The average Bonchev–Trinajstić information content (AvgIpc) is 3.01. The lowest BCUT2D eigenvalue weighted by atomic mass is 10.1. The molecule has 1 aliphatic carbocycles. The summed E-state index contributed by atoms with van der Waals surface area (Å²) in [4.78, 5) is 8.51. The summed E-state index contributed by atoms with van der Waals surface area (Å²) in [6, 6.07) is 9.09. The summed E-state index contributed by atoms with van der Waals surface area (Å²) in [5.74, 6) is 1.92. The van der Waals surface area contributed by atoms with Crippen molar-refractivity contribution in [2.45, 2.75) is 31.7 Å². The molecule has 1 saturated heterocycles. The Balaban J connectivity index is 1.60. The fourth-order valence-corrected chi connectivity index (χ4v) is 4.05. The predicted octanol–water partition coefficient (Wildman–Crippen LogP) is 4.31. The highest BCUT2D eigenvalue weighted by Gasteiger charge is 2.33. The van der Waals surface area contributed by atoms with Crippen molar-refractivity contribution in [3.8, 4) is 0 Å². The minimum Gasteiger partial charge on any atom is -0.374 e. The quantitative estimate of drug-likeness (QED) is 0.892. The number of nitrogens with zero attached hydrogens (tertiary/aromatic N) is 2. The molecule has 0 aromatic carbocycles. The van der Waals surface area contributed by atoms with Gasteiger partial charge in [-0.15, -0.1) is 11.3 Å². The van der Waals surface area contributed by atoms with E-state index in [2.05, 4.69) is 38.8 Å². The number of pyridine rings is 1. The lowest BCUT2D eigenvalue weighted by Crippen LogP contribution is -2.22. The normalized spacial score (nSPS) is 19.7. The van der Waals surface area contributed by atoms with Crippen molar-refractivity contribution < 1.29 is 0 Å². The Labute approximate surface area is 130 Å². The van der Waals surface area contributed by atoms with Gasteiger partial charge >= 0.3 is 0 Å². The molecular weight excluding hydrogens is 278 g/mol. The van der Waals surface area contributed by atoms with E-state index in [-0.39, 0.29) is 0 Å². The van der Waals surface area contributed by atoms with Crippen LogP contribution in [0.4, 0.5) is 11.5 Å². The maximum absolute atomic E-state index is 4.64. The highest BCUT2D eigenvalue weighted by Crippen LogP contribution is 2.45. The van der Waals surface area contributed by atoms with Gasteiger partial charge in [0.05, 0.1) is 11.7 Å². The summed E-state index contributed by atoms with van der Waals surface area (Å²) in [6.07, 6.45) is 7.17. The first-order chi connectivity index (χ1) is 10.4. The van der Waals surface area contributed by atoms with Gasteiger partial charge in [-0.2, -0.15) is 0 Å². The molecule has 0 bridgehead atoms. The molecule has 2 aliphatic rings. The van der Waals surface area contributed by atoms with Crippen LogP contribution in [0.25, 0.3) is 0 Å². The molecule has 2 aromatic heterocycles. The van der Waals surface area contributed by atoms with E-state index >= 15 is 0 Å². The number of anilines is 2. The lowest BCUT2D eigenvalue weighted by molar-refractivity contribution is 0.690. The van der Waals surface area contributed by atoms with E-state index < -0.39 is 0 Å². The molecule has 0 radical (unpaired) electrons. The molecule has 3 heterocycles. The van der Waals surface area contributed by atoms with Crippen molar-refractivity contribution in [2.75, 3.05) is 23.3 Å². The van der Waals surface area contributed by atoms with Crippen LogP contribution >= 0.6 is 11.3 Å². The maximum atomic E-state index is 4.64. The first kappa shape index (κ1) is 13.1. The number of aromatic nitrogens is 1. The van der Waals surface area contributed by atoms with E-state index in [1.165, 1.54) is 36.2 Å². The van der Waals surface area contributed by atoms with Crippen LogP contribution in [0, 0.1) is 5.92 Å². The van der Waals surface area contributed by atoms with Crippen LogP contribution in [0.3, 0.4) is 0 Å². The third-order valence-electron chi connectivity index (χ3n) is 4.45. The highest BCUT2D eigenvalue weighted by atomic mass is 32.1. The molecule has 1 N–H and O–H groups in total. The molecule has 4 heteroatoms. The Hall–Kier alpha value is -1.55. The van der Waals surface area contributed by atoms with Gasteiger partial charge in [0.2, 0.25) is 0 Å². The summed E-state index contributed by atoms with van der Waals surface area (Å²) >= 11 is 1.86. The maximum Gasteiger partial charge on any atom is 0.151 e. The van der Waals surface area contributed by atoms with Gasteiger partial charge in [0.15, 0.2) is 5.82 Å². The van der Waals surface area contributed by atoms with Crippen LogP contribution in [0.15, 0.2) is 35.8 Å². The van der Waals surface area contributed by atoms with E-state index in [4.69, 9.17) is 0 Å². The summed E-state index contributed by atoms with van der Waals surface area (Å²) in [6.45, 7) is 2.28. The Morgan fingerprint density at radius 2 is 2.05 bits per heavy atom. The van der Waals surface area contributed by atoms with Crippen LogP contribution in [0.5, 0.6) is 0 Å². The number of hydrogen-bond acceptors (Lipinski definition) is 4. The van der Waals surface area contributed by atoms with E-state index in [9.17, 15) is 0 Å². The second kappa shape index (κ2) is 5.68. The first-order valence-electron chi connectivity index (χ1n) is 7.92. The zero-order chi connectivity index (χ0) is 14.1. The minimum absolute atomic E-state index is 0.454. The van der Waals surface area contributed by atoms with E-state index in [1.54, 1.807) is 0 Å². The summed E-state index contributed by atoms with van der Waals surface area (Å²) in [5.41, 5.74) is 1.20. The van der Waals surface area contributed by atoms with Gasteiger partial charge in [-0.25, -0.2) is 4.98 Å². The zero-order valence-electron chi connectivity index (χ0n) is 12.2. The van der Waals surface area contributed by atoms with Crippen LogP contribution in [0.2, 0.25) is 0 Å². The third kappa shape index (κ3) is 2.77. The third-order valence-corrected chi connectivity index (χ3v) is 5.40. The smallest absolute Gasteiger partial charge is 0.151 e. The van der Waals surface area contributed by atoms with Crippen LogP contribution in [-0.4, -0.2) is 18.1 Å². The number of thiophene rings is 1. The van der Waals surface area contributed by atoms with Crippen molar-refractivity contribution in [3.63, 3.8) is 0 Å². The van der Waals surface area contributed by atoms with Crippen molar-refractivity contribution >= 4 is 22.8 Å². The zero-order valence-corrected chi connectivity index (χ0v) is 13.0. The van der Waals surface area contributed by atoms with Gasteiger partial charge in [-0.05, 0) is 55.2 Å². The van der Waals surface area contributed by atoms with Crippen molar-refractivity contribution in [3.05, 3.63) is 40.7 Å². The monoisotopic (exact) mass is 299 g/mol. The predicted molar refractivity (Wildman–Crippen MR) is 89.1 cm³/mol. The number of rotatable bonds is 5. The van der Waals surface area contributed by atoms with Gasteiger partial charge in [-0.1, -0.05) is 6.07 Å². The second-order valence-electron chi connectivity index (χ2n) is 6.04. The molecule has 1 aliphatic heterocycles. The largest absolute Gasteiger partial charge is 0.374 e. The molecular formula is C17H21N3S. The standard InChI is InChI=1S/C17H21N3S/c1-2-11-20(10-1)17-14(5-3-9-18-17)19-16(13-7-8-13)15-6-4-12-21-15/h3-6,9,12-13,16,19H,1-2,7-8,10-11H2. The SMILES string of the molecule is c1csc(C(Nc2cccnc2N2CCCC2)C2CC2)c1. The lowest BCUT2D eigenvalue weighted by Gasteiger charge is -2.24. The Kier molecular flexibility index (Phi) is 3.55. The van der Waals surface area contributed by atoms with E-state index in [0.29, 0.717) is 6.04 Å². The highest BCUT2D eigenvalue weighted by molar-refractivity contribution is 7.10. The topological polar surface area (TPSA) is 28.2 Å². The fraction of sp³-hybridized carbons (Fsp3) is 0.471. The van der Waals surface area contributed by atoms with Gasteiger partial charge in [0.1, 0.15) is 0 Å². The molecule has 1 saturated carbocycles. The molecule has 0 spiro atoms. The Morgan fingerprint density at radius 3 is 2.76 bits per heavy atom. The molecule has 110 valence electrons. The van der Waals surface area contributed by atoms with E-state index in [0.717, 1.165) is 24.8 Å². The van der Waals surface area contributed by atoms with Crippen LogP contribution in [0.1, 0.15) is 36.6 Å². The van der Waals surface area contributed by atoms with Crippen LogP contribution < -0.4 is 10.2 Å². The number of hydrogen-bond donors (Lipinski definition) is 1. The summed E-state index contributed by atoms with van der Waals surface area (Å²) in [7, 11) is 0. The van der Waals surface area contributed by atoms with Crippen molar-refractivity contribution in [2.24, 2.45) is 5.92 Å². The number of nitrogens with one attached hydrogen (secondary N) is 1. The van der Waals surface area contributed by atoms with Gasteiger partial charge in [-0.3, -0.25) is 0 Å². The molecule has 1 unspecified atom stereocenters. The molecule has 2 aromatic rings. The Morgan fingerprint density at radius 1 is 1.19 bits per heavy atom. The minimum atomic E-state index is 0.454. The molecule has 4 rings (SSSR count). The first-order valence-corrected chi connectivity index (χ1v) is 8.80. The van der Waals surface area contributed by atoms with Gasteiger partial charge in [0, 0.05) is 24.2 Å². The fourth-order valence-electron chi connectivity index (χ4n) is 3.18. The van der Waals surface area contributed by atoms with E-state index in [1.807, 2.05) is 23.6 Å². The average molecular weight is 299 g/mol. The van der Waals surface area contributed by atoms with Gasteiger partial charge < -0.3 is 10.2 Å². The molecule has 21 heavy (non-hydrogen) atoms. The summed E-state index contributed by atoms with van der Waals surface area (Å²) < 4.78 is 0. The van der Waals surface area contributed by atoms with Crippen LogP contribution in [-0.2, 0) is 0 Å².